The summed E-state index contributed by atoms with van der Waals surface area (Å²) in [5.41, 5.74) is 2.45. The first kappa shape index (κ1) is 8.98. The standard InChI is InChI=1S/C11H14O/c1-2-4-10-5-3-6-11(9-10)7-8-12/h3,5-6,8-9H,2,4,7H2,1H3. The predicted octanol–water partition coefficient (Wildman–Crippen LogP) is 2.38. The van der Waals surface area contributed by atoms with Crippen LogP contribution < -0.4 is 0 Å². The van der Waals surface area contributed by atoms with E-state index in [4.69, 9.17) is 0 Å². The van der Waals surface area contributed by atoms with E-state index in [9.17, 15) is 4.79 Å². The van der Waals surface area contributed by atoms with Gasteiger partial charge in [0.2, 0.25) is 0 Å². The second kappa shape index (κ2) is 4.70. The summed E-state index contributed by atoms with van der Waals surface area (Å²) in [4.78, 5) is 10.2. The van der Waals surface area contributed by atoms with Crippen molar-refractivity contribution in [3.63, 3.8) is 0 Å². The highest BCUT2D eigenvalue weighted by Gasteiger charge is 1.93. The van der Waals surface area contributed by atoms with Crippen molar-refractivity contribution in [2.75, 3.05) is 0 Å². The molecular formula is C11H14O. The zero-order chi connectivity index (χ0) is 8.81. The van der Waals surface area contributed by atoms with Gasteiger partial charge in [0.25, 0.3) is 0 Å². The van der Waals surface area contributed by atoms with E-state index in [0.29, 0.717) is 6.42 Å². The molecule has 1 rings (SSSR count). The lowest BCUT2D eigenvalue weighted by atomic mass is 10.1. The lowest BCUT2D eigenvalue weighted by Crippen LogP contribution is -1.88. The fourth-order valence-corrected chi connectivity index (χ4v) is 1.30. The smallest absolute Gasteiger partial charge is 0.124 e. The van der Waals surface area contributed by atoms with Gasteiger partial charge < -0.3 is 4.79 Å². The second-order valence-electron chi connectivity index (χ2n) is 2.94. The molecule has 0 bridgehead atoms. The highest BCUT2D eigenvalue weighted by Crippen LogP contribution is 2.07. The Bertz CT molecular complexity index is 253. The molecule has 0 aliphatic rings. The van der Waals surface area contributed by atoms with Gasteiger partial charge in [0.05, 0.1) is 0 Å². The molecule has 0 heterocycles. The van der Waals surface area contributed by atoms with Crippen molar-refractivity contribution in [1.82, 2.24) is 0 Å². The predicted molar refractivity (Wildman–Crippen MR) is 50.2 cm³/mol. The number of benzene rings is 1. The Morgan fingerprint density at radius 2 is 2.08 bits per heavy atom. The van der Waals surface area contributed by atoms with Gasteiger partial charge in [0.15, 0.2) is 0 Å². The number of hydrogen-bond acceptors (Lipinski definition) is 1. The third-order valence-corrected chi connectivity index (χ3v) is 1.85. The summed E-state index contributed by atoms with van der Waals surface area (Å²) in [6.45, 7) is 2.16. The van der Waals surface area contributed by atoms with E-state index in [1.165, 1.54) is 5.56 Å². The highest BCUT2D eigenvalue weighted by molar-refractivity contribution is 5.55. The zero-order valence-corrected chi connectivity index (χ0v) is 7.42. The SMILES string of the molecule is CCCc1cccc(CC=O)c1. The molecule has 1 aromatic carbocycles. The molecule has 0 aliphatic heterocycles. The number of carbonyl (C=O) groups excluding carboxylic acids is 1. The Hall–Kier alpha value is -1.11. The first-order valence-electron chi connectivity index (χ1n) is 4.38. The quantitative estimate of drug-likeness (QED) is 0.621. The minimum Gasteiger partial charge on any atom is -0.303 e. The van der Waals surface area contributed by atoms with Gasteiger partial charge >= 0.3 is 0 Å². The topological polar surface area (TPSA) is 17.1 Å². The van der Waals surface area contributed by atoms with Gasteiger partial charge in [-0.3, -0.25) is 0 Å². The Morgan fingerprint density at radius 3 is 2.75 bits per heavy atom. The van der Waals surface area contributed by atoms with Gasteiger partial charge in [0, 0.05) is 6.42 Å². The van der Waals surface area contributed by atoms with E-state index in [-0.39, 0.29) is 0 Å². The molecule has 0 unspecified atom stereocenters. The Labute approximate surface area is 73.4 Å². The third-order valence-electron chi connectivity index (χ3n) is 1.85. The molecule has 1 heteroatoms. The van der Waals surface area contributed by atoms with Crippen LogP contribution in [0.15, 0.2) is 24.3 Å². The third kappa shape index (κ3) is 2.50. The van der Waals surface area contributed by atoms with Crippen LogP contribution in [0.3, 0.4) is 0 Å². The van der Waals surface area contributed by atoms with Gasteiger partial charge in [-0.2, -0.15) is 0 Å². The Kier molecular flexibility index (Phi) is 3.52. The summed E-state index contributed by atoms with van der Waals surface area (Å²) in [7, 11) is 0. The van der Waals surface area contributed by atoms with Gasteiger partial charge in [-0.15, -0.1) is 0 Å². The molecule has 64 valence electrons. The van der Waals surface area contributed by atoms with Crippen LogP contribution in [-0.4, -0.2) is 6.29 Å². The Balaban J connectivity index is 2.73. The summed E-state index contributed by atoms with van der Waals surface area (Å²) < 4.78 is 0. The van der Waals surface area contributed by atoms with Crippen molar-refractivity contribution < 1.29 is 4.79 Å². The Morgan fingerprint density at radius 1 is 1.33 bits per heavy atom. The number of aryl methyl sites for hydroxylation is 1. The van der Waals surface area contributed by atoms with Crippen molar-refractivity contribution in [2.45, 2.75) is 26.2 Å². The molecule has 0 atom stereocenters. The van der Waals surface area contributed by atoms with Crippen molar-refractivity contribution in [2.24, 2.45) is 0 Å². The van der Waals surface area contributed by atoms with Crippen LogP contribution in [0.2, 0.25) is 0 Å². The van der Waals surface area contributed by atoms with E-state index in [2.05, 4.69) is 19.1 Å². The zero-order valence-electron chi connectivity index (χ0n) is 7.42. The van der Waals surface area contributed by atoms with Crippen LogP contribution in [0.4, 0.5) is 0 Å². The summed E-state index contributed by atoms with van der Waals surface area (Å²) in [6.07, 6.45) is 3.75. The van der Waals surface area contributed by atoms with Crippen LogP contribution in [0.25, 0.3) is 0 Å². The average molecular weight is 162 g/mol. The fraction of sp³-hybridized carbons (Fsp3) is 0.364. The fourth-order valence-electron chi connectivity index (χ4n) is 1.30. The number of aldehydes is 1. The molecule has 0 spiro atoms. The molecule has 0 radical (unpaired) electrons. The van der Waals surface area contributed by atoms with Gasteiger partial charge in [-0.1, -0.05) is 37.6 Å². The van der Waals surface area contributed by atoms with Crippen LogP contribution in [0.5, 0.6) is 0 Å². The summed E-state index contributed by atoms with van der Waals surface area (Å²) in [5, 5.41) is 0. The molecule has 12 heavy (non-hydrogen) atoms. The average Bonchev–Trinajstić information content (AvgIpc) is 2.06. The van der Waals surface area contributed by atoms with E-state index in [1.54, 1.807) is 0 Å². The largest absolute Gasteiger partial charge is 0.303 e. The summed E-state index contributed by atoms with van der Waals surface area (Å²) in [5.74, 6) is 0. The lowest BCUT2D eigenvalue weighted by Gasteiger charge is -2.00. The number of carbonyl (C=O) groups is 1. The van der Waals surface area contributed by atoms with Crippen molar-refractivity contribution in [3.05, 3.63) is 35.4 Å². The maximum Gasteiger partial charge on any atom is 0.124 e. The lowest BCUT2D eigenvalue weighted by molar-refractivity contribution is -0.107. The van der Waals surface area contributed by atoms with E-state index >= 15 is 0 Å². The van der Waals surface area contributed by atoms with Crippen LogP contribution in [0, 0.1) is 0 Å². The summed E-state index contributed by atoms with van der Waals surface area (Å²) in [6, 6.07) is 8.23. The molecule has 1 aromatic rings. The van der Waals surface area contributed by atoms with Crippen molar-refractivity contribution in [1.29, 1.82) is 0 Å². The molecule has 1 nitrogen and oxygen atoms in total. The van der Waals surface area contributed by atoms with Gasteiger partial charge in [-0.05, 0) is 17.5 Å². The minimum atomic E-state index is 0.539. The van der Waals surface area contributed by atoms with Gasteiger partial charge in [0.1, 0.15) is 6.29 Å². The normalized spacial score (nSPS) is 9.75. The minimum absolute atomic E-state index is 0.539. The monoisotopic (exact) mass is 162 g/mol. The van der Waals surface area contributed by atoms with E-state index in [1.807, 2.05) is 12.1 Å². The molecular weight excluding hydrogens is 148 g/mol. The van der Waals surface area contributed by atoms with Crippen LogP contribution >= 0.6 is 0 Å². The first-order chi connectivity index (χ1) is 5.86. The van der Waals surface area contributed by atoms with Crippen molar-refractivity contribution >= 4 is 6.29 Å². The maximum absolute atomic E-state index is 10.2. The van der Waals surface area contributed by atoms with Gasteiger partial charge in [-0.25, -0.2) is 0 Å². The van der Waals surface area contributed by atoms with Crippen molar-refractivity contribution in [3.8, 4) is 0 Å². The summed E-state index contributed by atoms with van der Waals surface area (Å²) >= 11 is 0. The number of hydrogen-bond donors (Lipinski definition) is 0. The molecule has 0 saturated carbocycles. The highest BCUT2D eigenvalue weighted by atomic mass is 16.1. The number of rotatable bonds is 4. The molecule has 0 saturated heterocycles. The second-order valence-corrected chi connectivity index (χ2v) is 2.94. The maximum atomic E-state index is 10.2. The first-order valence-corrected chi connectivity index (χ1v) is 4.38. The van der Waals surface area contributed by atoms with E-state index in [0.717, 1.165) is 24.7 Å². The molecule has 0 aliphatic carbocycles. The molecule has 0 aromatic heterocycles. The van der Waals surface area contributed by atoms with Crippen LogP contribution in [-0.2, 0) is 17.6 Å². The molecule has 0 N–H and O–H groups in total. The molecule has 0 fully saturated rings. The molecule has 0 amide bonds. The van der Waals surface area contributed by atoms with E-state index < -0.39 is 0 Å². The van der Waals surface area contributed by atoms with Crippen LogP contribution in [0.1, 0.15) is 24.5 Å².